The molecule has 3 rings (SSSR count). The topological polar surface area (TPSA) is 60.8 Å². The molecule has 0 radical (unpaired) electrons. The Bertz CT molecular complexity index is 924. The van der Waals surface area contributed by atoms with Gasteiger partial charge >= 0.3 is 5.97 Å². The highest BCUT2D eigenvalue weighted by molar-refractivity contribution is 5.95. The van der Waals surface area contributed by atoms with E-state index in [0.29, 0.717) is 39.1 Å². The van der Waals surface area contributed by atoms with Crippen molar-refractivity contribution < 1.29 is 19.1 Å². The molecule has 0 aliphatic carbocycles. The van der Waals surface area contributed by atoms with Crippen LogP contribution in [0.3, 0.4) is 0 Å². The second-order valence-electron chi connectivity index (χ2n) is 7.94. The number of rotatable bonds is 6. The molecule has 30 heavy (non-hydrogen) atoms. The van der Waals surface area contributed by atoms with Crippen molar-refractivity contribution in [1.29, 1.82) is 0 Å². The Balaban J connectivity index is 1.82. The van der Waals surface area contributed by atoms with Crippen molar-refractivity contribution in [2.75, 3.05) is 26.8 Å². The summed E-state index contributed by atoms with van der Waals surface area (Å²) in [7, 11) is 1.66. The molecular formula is C24H32N2O4. The second-order valence-corrected chi connectivity index (χ2v) is 7.94. The maximum absolute atomic E-state index is 13.5. The van der Waals surface area contributed by atoms with E-state index in [1.165, 1.54) is 0 Å². The monoisotopic (exact) mass is 412 g/mol. The number of benzene rings is 1. The van der Waals surface area contributed by atoms with Crippen LogP contribution >= 0.6 is 0 Å². The normalized spacial score (nSPS) is 14.6. The highest BCUT2D eigenvalue weighted by atomic mass is 16.5. The molecule has 1 amide bonds. The van der Waals surface area contributed by atoms with Gasteiger partial charge < -0.3 is 18.9 Å². The first-order valence-corrected chi connectivity index (χ1v) is 10.6. The number of esters is 1. The van der Waals surface area contributed by atoms with E-state index in [-0.39, 0.29) is 17.8 Å². The number of carbonyl (C=O) groups is 2. The predicted molar refractivity (Wildman–Crippen MR) is 116 cm³/mol. The fraction of sp³-hybridized carbons (Fsp3) is 0.500. The third-order valence-electron chi connectivity index (χ3n) is 6.21. The van der Waals surface area contributed by atoms with Crippen LogP contribution in [0.5, 0.6) is 5.75 Å². The lowest BCUT2D eigenvalue weighted by Crippen LogP contribution is -2.41. The number of likely N-dealkylation sites (tertiary alicyclic amines) is 1. The molecule has 0 atom stereocenters. The molecule has 1 aliphatic heterocycles. The summed E-state index contributed by atoms with van der Waals surface area (Å²) in [5.41, 5.74) is 5.08. The fourth-order valence-electron chi connectivity index (χ4n) is 4.18. The van der Waals surface area contributed by atoms with Gasteiger partial charge in [0.1, 0.15) is 11.4 Å². The van der Waals surface area contributed by atoms with Crippen LogP contribution in [0.2, 0.25) is 0 Å². The average Bonchev–Trinajstić information content (AvgIpc) is 2.97. The lowest BCUT2D eigenvalue weighted by molar-refractivity contribution is -0.149. The second kappa shape index (κ2) is 9.37. The standard InChI is InChI=1S/C24H32N2O4/c1-6-30-24(28)20-10-12-25(13-11-20)23(27)22-17(3)16(2)18(4)26(22)15-19-8-7-9-21(14-19)29-5/h7-9,14,20H,6,10-13,15H2,1-5H3. The molecule has 0 spiro atoms. The quantitative estimate of drug-likeness (QED) is 0.676. The highest BCUT2D eigenvalue weighted by Crippen LogP contribution is 2.27. The van der Waals surface area contributed by atoms with Gasteiger partial charge in [0.2, 0.25) is 0 Å². The van der Waals surface area contributed by atoms with Crippen molar-refractivity contribution in [3.05, 3.63) is 52.3 Å². The van der Waals surface area contributed by atoms with Gasteiger partial charge in [-0.1, -0.05) is 12.1 Å². The Morgan fingerprint density at radius 1 is 1.10 bits per heavy atom. The third kappa shape index (κ3) is 4.37. The molecule has 0 N–H and O–H groups in total. The molecule has 162 valence electrons. The summed E-state index contributed by atoms with van der Waals surface area (Å²) in [5, 5.41) is 0. The number of hydrogen-bond donors (Lipinski definition) is 0. The SMILES string of the molecule is CCOC(=O)C1CCN(C(=O)c2c(C)c(C)c(C)n2Cc2cccc(OC)c2)CC1. The molecule has 1 fully saturated rings. The molecule has 1 saturated heterocycles. The van der Waals surface area contributed by atoms with Crippen molar-refractivity contribution in [3.8, 4) is 5.75 Å². The molecule has 2 heterocycles. The van der Waals surface area contributed by atoms with Gasteiger partial charge in [-0.25, -0.2) is 0 Å². The number of methoxy groups -OCH3 is 1. The zero-order chi connectivity index (χ0) is 21.8. The maximum atomic E-state index is 13.5. The number of hydrogen-bond acceptors (Lipinski definition) is 4. The van der Waals surface area contributed by atoms with Crippen LogP contribution in [-0.4, -0.2) is 48.1 Å². The predicted octanol–water partition coefficient (Wildman–Crippen LogP) is 3.89. The van der Waals surface area contributed by atoms with Crippen LogP contribution in [0.4, 0.5) is 0 Å². The van der Waals surface area contributed by atoms with Crippen LogP contribution in [0.25, 0.3) is 0 Å². The largest absolute Gasteiger partial charge is 0.497 e. The first-order valence-electron chi connectivity index (χ1n) is 10.6. The minimum atomic E-state index is -0.145. The smallest absolute Gasteiger partial charge is 0.309 e. The molecule has 6 heteroatoms. The van der Waals surface area contributed by atoms with E-state index >= 15 is 0 Å². The van der Waals surface area contributed by atoms with Crippen LogP contribution in [-0.2, 0) is 16.1 Å². The van der Waals surface area contributed by atoms with E-state index in [4.69, 9.17) is 9.47 Å². The van der Waals surface area contributed by atoms with Gasteiger partial charge in [-0.05, 0) is 69.4 Å². The minimum Gasteiger partial charge on any atom is -0.497 e. The third-order valence-corrected chi connectivity index (χ3v) is 6.21. The van der Waals surface area contributed by atoms with E-state index in [0.717, 1.165) is 33.8 Å². The van der Waals surface area contributed by atoms with E-state index in [1.807, 2.05) is 43.0 Å². The van der Waals surface area contributed by atoms with Gasteiger partial charge in [0, 0.05) is 25.3 Å². The van der Waals surface area contributed by atoms with E-state index in [2.05, 4.69) is 18.4 Å². The molecule has 1 aliphatic rings. The molecule has 0 unspecified atom stereocenters. The number of aromatic nitrogens is 1. The summed E-state index contributed by atoms with van der Waals surface area (Å²) in [6.45, 7) is 10.1. The van der Waals surface area contributed by atoms with Crippen LogP contribution < -0.4 is 4.74 Å². The highest BCUT2D eigenvalue weighted by Gasteiger charge is 2.31. The van der Waals surface area contributed by atoms with Gasteiger partial charge in [-0.2, -0.15) is 0 Å². The Kier molecular flexibility index (Phi) is 6.85. The summed E-state index contributed by atoms with van der Waals surface area (Å²) in [5.74, 6) is 0.588. The van der Waals surface area contributed by atoms with Gasteiger partial charge in [0.15, 0.2) is 0 Å². The van der Waals surface area contributed by atoms with Gasteiger partial charge in [0.25, 0.3) is 5.91 Å². The van der Waals surface area contributed by atoms with Gasteiger partial charge in [-0.15, -0.1) is 0 Å². The Morgan fingerprint density at radius 2 is 1.80 bits per heavy atom. The maximum Gasteiger partial charge on any atom is 0.309 e. The summed E-state index contributed by atoms with van der Waals surface area (Å²) in [6.07, 6.45) is 1.30. The first kappa shape index (κ1) is 21.9. The van der Waals surface area contributed by atoms with Crippen molar-refractivity contribution in [3.63, 3.8) is 0 Å². The number of ether oxygens (including phenoxy) is 2. The number of nitrogens with zero attached hydrogens (tertiary/aromatic N) is 2. The lowest BCUT2D eigenvalue weighted by Gasteiger charge is -2.31. The molecular weight excluding hydrogens is 380 g/mol. The Hall–Kier alpha value is -2.76. The zero-order valence-electron chi connectivity index (χ0n) is 18.7. The summed E-state index contributed by atoms with van der Waals surface area (Å²) in [6, 6.07) is 7.94. The van der Waals surface area contributed by atoms with E-state index < -0.39 is 0 Å². The van der Waals surface area contributed by atoms with Crippen molar-refractivity contribution >= 4 is 11.9 Å². The van der Waals surface area contributed by atoms with E-state index in [1.54, 1.807) is 7.11 Å². The zero-order valence-corrected chi connectivity index (χ0v) is 18.7. The minimum absolute atomic E-state index is 0.0360. The van der Waals surface area contributed by atoms with Crippen molar-refractivity contribution in [2.45, 2.75) is 47.1 Å². The van der Waals surface area contributed by atoms with Crippen molar-refractivity contribution in [2.24, 2.45) is 5.92 Å². The number of amides is 1. The molecule has 1 aromatic heterocycles. The molecule has 2 aromatic rings. The number of carbonyl (C=O) groups excluding carboxylic acids is 2. The fourth-order valence-corrected chi connectivity index (χ4v) is 4.18. The van der Waals surface area contributed by atoms with Gasteiger partial charge in [-0.3, -0.25) is 9.59 Å². The molecule has 6 nitrogen and oxygen atoms in total. The summed E-state index contributed by atoms with van der Waals surface area (Å²) in [4.78, 5) is 27.4. The summed E-state index contributed by atoms with van der Waals surface area (Å²) >= 11 is 0. The first-order chi connectivity index (χ1) is 14.4. The lowest BCUT2D eigenvalue weighted by atomic mass is 9.96. The average molecular weight is 413 g/mol. The Labute approximate surface area is 178 Å². The molecule has 0 bridgehead atoms. The van der Waals surface area contributed by atoms with Crippen molar-refractivity contribution in [1.82, 2.24) is 9.47 Å². The van der Waals surface area contributed by atoms with Crippen LogP contribution in [0.1, 0.15) is 52.6 Å². The Morgan fingerprint density at radius 3 is 2.43 bits per heavy atom. The summed E-state index contributed by atoms with van der Waals surface area (Å²) < 4.78 is 12.6. The van der Waals surface area contributed by atoms with Gasteiger partial charge in [0.05, 0.1) is 19.6 Å². The molecule has 1 aromatic carbocycles. The van der Waals surface area contributed by atoms with Crippen LogP contribution in [0.15, 0.2) is 24.3 Å². The number of piperidine rings is 1. The van der Waals surface area contributed by atoms with E-state index in [9.17, 15) is 9.59 Å². The molecule has 0 saturated carbocycles. The van der Waals surface area contributed by atoms with Crippen LogP contribution in [0, 0.1) is 26.7 Å².